The molecule has 1 saturated carbocycles. The summed E-state index contributed by atoms with van der Waals surface area (Å²) in [6.45, 7) is 12.7. The minimum atomic E-state index is 1.01. The fourth-order valence-electron chi connectivity index (χ4n) is 1.33. The Morgan fingerprint density at radius 3 is 1.09 bits per heavy atom. The highest BCUT2D eigenvalue weighted by Crippen LogP contribution is 2.29. The Bertz CT molecular complexity index is 49.1. The van der Waals surface area contributed by atoms with Gasteiger partial charge in [-0.2, -0.15) is 0 Å². The molecular formula is C11H26. The average Bonchev–Trinajstić information content (AvgIpc) is 2.44. The van der Waals surface area contributed by atoms with Crippen LogP contribution >= 0.6 is 0 Å². The van der Waals surface area contributed by atoms with Gasteiger partial charge in [0.15, 0.2) is 0 Å². The summed E-state index contributed by atoms with van der Waals surface area (Å²) in [7, 11) is 0. The molecule has 0 saturated heterocycles. The molecule has 0 radical (unpaired) electrons. The van der Waals surface area contributed by atoms with Gasteiger partial charge in [-0.15, -0.1) is 0 Å². The van der Waals surface area contributed by atoms with E-state index in [0.29, 0.717) is 0 Å². The lowest BCUT2D eigenvalue weighted by molar-refractivity contribution is 0.457. The van der Waals surface area contributed by atoms with Crippen LogP contribution in [0.4, 0.5) is 0 Å². The lowest BCUT2D eigenvalue weighted by Gasteiger charge is -2.05. The lowest BCUT2D eigenvalue weighted by Crippen LogP contribution is -1.95. The van der Waals surface area contributed by atoms with Gasteiger partial charge in [0.2, 0.25) is 0 Å². The third-order valence-electron chi connectivity index (χ3n) is 2.29. The Balaban J connectivity index is 0. The zero-order chi connectivity index (χ0) is 9.28. The van der Waals surface area contributed by atoms with E-state index in [9.17, 15) is 0 Å². The van der Waals surface area contributed by atoms with Gasteiger partial charge in [0.25, 0.3) is 0 Å². The second-order valence-electron chi connectivity index (χ2n) is 2.89. The first kappa shape index (κ1) is 13.6. The van der Waals surface area contributed by atoms with Crippen LogP contribution in [0.25, 0.3) is 0 Å². The molecule has 0 aromatic carbocycles. The topological polar surface area (TPSA) is 0 Å². The van der Waals surface area contributed by atoms with E-state index >= 15 is 0 Å². The number of hydrogen-bond acceptors (Lipinski definition) is 0. The summed E-state index contributed by atoms with van der Waals surface area (Å²) in [4.78, 5) is 0. The Kier molecular flexibility index (Phi) is 12.3. The summed E-state index contributed by atoms with van der Waals surface area (Å²) in [5.74, 6) is 2.03. The molecule has 0 aliphatic heterocycles. The van der Waals surface area contributed by atoms with Crippen LogP contribution in [0, 0.1) is 11.8 Å². The third-order valence-corrected chi connectivity index (χ3v) is 2.29. The maximum atomic E-state index is 2.36. The van der Waals surface area contributed by atoms with Crippen LogP contribution in [0.2, 0.25) is 0 Å². The Morgan fingerprint density at radius 2 is 1.00 bits per heavy atom. The molecule has 0 nitrogen and oxygen atoms in total. The van der Waals surface area contributed by atoms with Gasteiger partial charge in [-0.3, -0.25) is 0 Å². The fraction of sp³-hybridized carbons (Fsp3) is 1.00. The average molecular weight is 158 g/mol. The van der Waals surface area contributed by atoms with Gasteiger partial charge in [-0.05, 0) is 11.8 Å². The minimum Gasteiger partial charge on any atom is -0.0683 e. The second kappa shape index (κ2) is 10.0. The van der Waals surface area contributed by atoms with Gasteiger partial charge in [0.05, 0.1) is 0 Å². The third kappa shape index (κ3) is 6.40. The van der Waals surface area contributed by atoms with Crippen molar-refractivity contribution in [1.82, 2.24) is 0 Å². The highest BCUT2D eigenvalue weighted by molar-refractivity contribution is 4.69. The van der Waals surface area contributed by atoms with Crippen molar-refractivity contribution in [2.45, 2.75) is 60.8 Å². The smallest absolute Gasteiger partial charge is 0.0417 e. The van der Waals surface area contributed by atoms with Crippen molar-refractivity contribution in [2.75, 3.05) is 0 Å². The maximum absolute atomic E-state index is 2.36. The normalized spacial score (nSPS) is 27.8. The van der Waals surface area contributed by atoms with E-state index in [1.165, 1.54) is 19.3 Å². The lowest BCUT2D eigenvalue weighted by atomic mass is 10.0. The summed E-state index contributed by atoms with van der Waals surface area (Å²) >= 11 is 0. The predicted octanol–water partition coefficient (Wildman–Crippen LogP) is 4.49. The largest absolute Gasteiger partial charge is 0.0683 e. The molecule has 0 heteroatoms. The zero-order valence-electron chi connectivity index (χ0n) is 9.28. The van der Waals surface area contributed by atoms with Crippen LogP contribution in [0.15, 0.2) is 0 Å². The van der Waals surface area contributed by atoms with Gasteiger partial charge < -0.3 is 0 Å². The molecule has 0 aromatic heterocycles. The molecule has 1 aliphatic carbocycles. The highest BCUT2D eigenvalue weighted by Gasteiger charge is 2.17. The summed E-state index contributed by atoms with van der Waals surface area (Å²) < 4.78 is 0. The Morgan fingerprint density at radius 1 is 0.727 bits per heavy atom. The van der Waals surface area contributed by atoms with Gasteiger partial charge in [0, 0.05) is 0 Å². The van der Waals surface area contributed by atoms with Crippen molar-refractivity contribution in [1.29, 1.82) is 0 Å². The monoisotopic (exact) mass is 158 g/mol. The summed E-state index contributed by atoms with van der Waals surface area (Å²) in [6.07, 6.45) is 4.42. The van der Waals surface area contributed by atoms with Gasteiger partial charge in [-0.1, -0.05) is 60.8 Å². The quantitative estimate of drug-likeness (QED) is 0.487. The molecule has 70 valence electrons. The molecule has 0 heterocycles. The van der Waals surface area contributed by atoms with Crippen molar-refractivity contribution in [2.24, 2.45) is 11.8 Å². The number of rotatable bonds is 0. The van der Waals surface area contributed by atoms with Crippen LogP contribution in [0.5, 0.6) is 0 Å². The minimum absolute atomic E-state index is 1.01. The summed E-state index contributed by atoms with van der Waals surface area (Å²) in [5.41, 5.74) is 0. The molecule has 1 unspecified atom stereocenters. The molecule has 0 spiro atoms. The van der Waals surface area contributed by atoms with Gasteiger partial charge >= 0.3 is 0 Å². The van der Waals surface area contributed by atoms with E-state index < -0.39 is 0 Å². The van der Waals surface area contributed by atoms with E-state index in [4.69, 9.17) is 0 Å². The molecule has 0 aromatic rings. The first-order valence-electron chi connectivity index (χ1n) is 5.30. The van der Waals surface area contributed by atoms with Crippen molar-refractivity contribution in [3.8, 4) is 0 Å². The van der Waals surface area contributed by atoms with E-state index in [1.807, 2.05) is 27.7 Å². The summed E-state index contributed by atoms with van der Waals surface area (Å²) in [5, 5.41) is 0. The molecule has 1 fully saturated rings. The first-order valence-corrected chi connectivity index (χ1v) is 5.30. The van der Waals surface area contributed by atoms with Crippen molar-refractivity contribution < 1.29 is 0 Å². The van der Waals surface area contributed by atoms with E-state index in [-0.39, 0.29) is 0 Å². The standard InChI is InChI=1S/C7H14.2C2H6/c1-6-4-3-5-7(6)2;2*1-2/h6-7H,3-5H2,1-2H3;2*1-2H3/t6-,7?;;/m1../s1. The number of hydrogen-bond donors (Lipinski definition) is 0. The van der Waals surface area contributed by atoms with Crippen LogP contribution in [-0.4, -0.2) is 0 Å². The molecular weight excluding hydrogens is 132 g/mol. The van der Waals surface area contributed by atoms with Gasteiger partial charge in [-0.25, -0.2) is 0 Å². The summed E-state index contributed by atoms with van der Waals surface area (Å²) in [6, 6.07) is 0. The molecule has 2 atom stereocenters. The Hall–Kier alpha value is 0. The predicted molar refractivity (Wildman–Crippen MR) is 54.9 cm³/mol. The highest BCUT2D eigenvalue weighted by atomic mass is 14.2. The molecule has 1 rings (SSSR count). The fourth-order valence-corrected chi connectivity index (χ4v) is 1.33. The molecule has 1 aliphatic rings. The van der Waals surface area contributed by atoms with Crippen LogP contribution in [0.1, 0.15) is 60.8 Å². The molecule has 0 amide bonds. The van der Waals surface area contributed by atoms with Crippen molar-refractivity contribution in [3.63, 3.8) is 0 Å². The van der Waals surface area contributed by atoms with Crippen LogP contribution in [0.3, 0.4) is 0 Å². The van der Waals surface area contributed by atoms with Crippen molar-refractivity contribution >= 4 is 0 Å². The molecule has 11 heavy (non-hydrogen) atoms. The second-order valence-corrected chi connectivity index (χ2v) is 2.89. The van der Waals surface area contributed by atoms with Crippen molar-refractivity contribution in [3.05, 3.63) is 0 Å². The van der Waals surface area contributed by atoms with Crippen LogP contribution in [-0.2, 0) is 0 Å². The first-order chi connectivity index (χ1) is 5.30. The van der Waals surface area contributed by atoms with E-state index in [1.54, 1.807) is 0 Å². The maximum Gasteiger partial charge on any atom is -0.0417 e. The van der Waals surface area contributed by atoms with Gasteiger partial charge in [0.1, 0.15) is 0 Å². The Labute approximate surface area is 73.4 Å². The van der Waals surface area contributed by atoms with Crippen LogP contribution < -0.4 is 0 Å². The zero-order valence-corrected chi connectivity index (χ0v) is 9.28. The molecule has 0 N–H and O–H groups in total. The molecule has 0 bridgehead atoms. The SMILES string of the molecule is CC.CC.CC1CCC[C@H]1C. The van der Waals surface area contributed by atoms with E-state index in [0.717, 1.165) is 11.8 Å². The van der Waals surface area contributed by atoms with E-state index in [2.05, 4.69) is 13.8 Å².